The first-order valence-corrected chi connectivity index (χ1v) is 5.97. The zero-order valence-electron chi connectivity index (χ0n) is 10.3. The van der Waals surface area contributed by atoms with Gasteiger partial charge >= 0.3 is 7.48 Å². The highest BCUT2D eigenvalue weighted by molar-refractivity contribution is 6.24. The summed E-state index contributed by atoms with van der Waals surface area (Å²) in [5.74, 6) is 1.25. The van der Waals surface area contributed by atoms with Crippen LogP contribution in [0.25, 0.3) is 0 Å². The second kappa shape index (κ2) is 5.02. The zero-order valence-corrected chi connectivity index (χ0v) is 10.3. The molecule has 1 aromatic carbocycles. The van der Waals surface area contributed by atoms with Crippen LogP contribution in [0.1, 0.15) is 24.0 Å². The molecule has 2 atom stereocenters. The summed E-state index contributed by atoms with van der Waals surface area (Å²) in [6, 6.07) is 8.88. The molecule has 85 valence electrons. The molecule has 1 aliphatic heterocycles. The normalized spacial score (nSPS) is 25.9. The van der Waals surface area contributed by atoms with Gasteiger partial charge in [0.1, 0.15) is 0 Å². The maximum absolute atomic E-state index is 5.46. The molecule has 2 nitrogen and oxygen atoms in total. The van der Waals surface area contributed by atoms with Gasteiger partial charge in [0.2, 0.25) is 0 Å². The van der Waals surface area contributed by atoms with Gasteiger partial charge in [-0.1, -0.05) is 43.6 Å². The Kier molecular flexibility index (Phi) is 3.67. The van der Waals surface area contributed by atoms with Crippen LogP contribution in [0.4, 0.5) is 0 Å². The Bertz CT molecular complexity index is 338. The maximum Gasteiger partial charge on any atom is 0.321 e. The van der Waals surface area contributed by atoms with E-state index in [-0.39, 0.29) is 0 Å². The molecule has 0 spiro atoms. The van der Waals surface area contributed by atoms with Gasteiger partial charge in [-0.25, -0.2) is 5.06 Å². The van der Waals surface area contributed by atoms with E-state index < -0.39 is 0 Å². The Balaban J connectivity index is 2.07. The van der Waals surface area contributed by atoms with Gasteiger partial charge in [0.25, 0.3) is 0 Å². The molecule has 0 N–H and O–H groups in total. The fourth-order valence-electron chi connectivity index (χ4n) is 2.41. The van der Waals surface area contributed by atoms with Crippen molar-refractivity contribution in [2.75, 3.05) is 13.1 Å². The summed E-state index contributed by atoms with van der Waals surface area (Å²) in [4.78, 5) is 0. The molecular weight excluding hydrogens is 197 g/mol. The molecule has 16 heavy (non-hydrogen) atoms. The van der Waals surface area contributed by atoms with Crippen molar-refractivity contribution >= 4 is 7.48 Å². The van der Waals surface area contributed by atoms with Crippen molar-refractivity contribution in [1.29, 1.82) is 0 Å². The smallest absolute Gasteiger partial charge is 0.321 e. The summed E-state index contributed by atoms with van der Waals surface area (Å²) in [7, 11) is 1.75. The van der Waals surface area contributed by atoms with Gasteiger partial charge in [0, 0.05) is 19.0 Å². The van der Waals surface area contributed by atoms with Crippen molar-refractivity contribution < 1.29 is 4.76 Å². The predicted octanol–water partition coefficient (Wildman–Crippen LogP) is 2.63. The minimum atomic E-state index is 0.598. The fraction of sp³-hybridized carbons (Fsp3) is 0.538. The molecule has 0 bridgehead atoms. The quantitative estimate of drug-likeness (QED) is 0.720. The fourth-order valence-corrected chi connectivity index (χ4v) is 2.41. The molecule has 2 rings (SSSR count). The van der Waals surface area contributed by atoms with Crippen LogP contribution in [0.15, 0.2) is 24.3 Å². The number of hydrogen-bond acceptors (Lipinski definition) is 2. The number of hydroxylamine groups is 2. The van der Waals surface area contributed by atoms with Gasteiger partial charge < -0.3 is 4.76 Å². The van der Waals surface area contributed by atoms with Crippen molar-refractivity contribution in [1.82, 2.24) is 5.06 Å². The minimum absolute atomic E-state index is 0.598. The van der Waals surface area contributed by atoms with Crippen LogP contribution in [0.2, 0.25) is 6.82 Å². The molecule has 1 saturated heterocycles. The molecule has 1 heterocycles. The van der Waals surface area contributed by atoms with Crippen molar-refractivity contribution in [3.8, 4) is 0 Å². The molecule has 1 aromatic rings. The van der Waals surface area contributed by atoms with Gasteiger partial charge in [-0.05, 0) is 18.4 Å². The highest BCUT2D eigenvalue weighted by Gasteiger charge is 2.30. The lowest BCUT2D eigenvalue weighted by molar-refractivity contribution is -0.0356. The molecule has 0 aliphatic carbocycles. The summed E-state index contributed by atoms with van der Waals surface area (Å²) in [6.45, 7) is 8.36. The zero-order chi connectivity index (χ0) is 11.5. The Morgan fingerprint density at radius 1 is 1.25 bits per heavy atom. The number of aryl methyl sites for hydroxylation is 1. The highest BCUT2D eigenvalue weighted by atomic mass is 16.6. The second-order valence-electron chi connectivity index (χ2n) is 4.68. The Morgan fingerprint density at radius 3 is 2.56 bits per heavy atom. The lowest BCUT2D eigenvalue weighted by Crippen LogP contribution is -2.22. The largest absolute Gasteiger partial charge is 0.367 e. The number of nitrogens with zero attached hydrogens (tertiary/aromatic N) is 1. The van der Waals surface area contributed by atoms with Crippen molar-refractivity contribution in [3.63, 3.8) is 0 Å². The molecule has 3 heteroatoms. The van der Waals surface area contributed by atoms with Crippen LogP contribution >= 0.6 is 0 Å². The number of benzene rings is 1. The van der Waals surface area contributed by atoms with Gasteiger partial charge in [-0.15, -0.1) is 0 Å². The lowest BCUT2D eigenvalue weighted by Gasteiger charge is -2.15. The van der Waals surface area contributed by atoms with E-state index >= 15 is 0 Å². The average Bonchev–Trinajstić information content (AvgIpc) is 2.61. The van der Waals surface area contributed by atoms with Crippen molar-refractivity contribution in [3.05, 3.63) is 35.4 Å². The molecular formula is C13H19BNO. The van der Waals surface area contributed by atoms with E-state index in [0.717, 1.165) is 13.1 Å². The van der Waals surface area contributed by atoms with Gasteiger partial charge in [-0.2, -0.15) is 0 Å². The van der Waals surface area contributed by atoms with E-state index in [1.807, 2.05) is 6.82 Å². The van der Waals surface area contributed by atoms with E-state index in [0.29, 0.717) is 11.8 Å². The SMILES string of the molecule is C[B]ON1CC(C)C(c2ccc(C)cc2)C1. The van der Waals surface area contributed by atoms with Crippen molar-refractivity contribution in [2.24, 2.45) is 5.92 Å². The molecule has 0 amide bonds. The summed E-state index contributed by atoms with van der Waals surface area (Å²) in [6.07, 6.45) is 0. The lowest BCUT2D eigenvalue weighted by atomic mass is 9.90. The molecule has 2 unspecified atom stereocenters. The monoisotopic (exact) mass is 216 g/mol. The van der Waals surface area contributed by atoms with E-state index in [1.54, 1.807) is 7.48 Å². The predicted molar refractivity (Wildman–Crippen MR) is 67.4 cm³/mol. The summed E-state index contributed by atoms with van der Waals surface area (Å²) >= 11 is 0. The van der Waals surface area contributed by atoms with E-state index in [1.165, 1.54) is 11.1 Å². The Morgan fingerprint density at radius 2 is 1.94 bits per heavy atom. The summed E-state index contributed by atoms with van der Waals surface area (Å²) in [5, 5.41) is 2.05. The summed E-state index contributed by atoms with van der Waals surface area (Å²) in [5.41, 5.74) is 2.75. The van der Waals surface area contributed by atoms with Crippen molar-refractivity contribution in [2.45, 2.75) is 26.6 Å². The molecule has 1 aliphatic rings. The van der Waals surface area contributed by atoms with Gasteiger partial charge in [0.05, 0.1) is 0 Å². The molecule has 0 aromatic heterocycles. The second-order valence-corrected chi connectivity index (χ2v) is 4.68. The van der Waals surface area contributed by atoms with Crippen LogP contribution in [-0.4, -0.2) is 25.6 Å². The Labute approximate surface area is 98.8 Å². The third-order valence-corrected chi connectivity index (χ3v) is 3.34. The molecule has 1 fully saturated rings. The van der Waals surface area contributed by atoms with E-state index in [2.05, 4.69) is 43.2 Å². The van der Waals surface area contributed by atoms with Crippen LogP contribution in [0, 0.1) is 12.8 Å². The number of hydrogen-bond donors (Lipinski definition) is 0. The van der Waals surface area contributed by atoms with E-state index in [9.17, 15) is 0 Å². The minimum Gasteiger partial charge on any atom is -0.367 e. The first-order chi connectivity index (χ1) is 7.70. The number of rotatable bonds is 3. The Hall–Kier alpha value is -0.795. The standard InChI is InChI=1S/C13H19BNO/c1-10-4-6-12(7-5-10)13-9-15(16-14-3)8-11(13)2/h4-7,11,13H,8-9H2,1-3H3. The van der Waals surface area contributed by atoms with Crippen LogP contribution < -0.4 is 0 Å². The van der Waals surface area contributed by atoms with Crippen LogP contribution in [0.3, 0.4) is 0 Å². The summed E-state index contributed by atoms with van der Waals surface area (Å²) < 4.78 is 5.46. The highest BCUT2D eigenvalue weighted by Crippen LogP contribution is 2.32. The van der Waals surface area contributed by atoms with Gasteiger partial charge in [0.15, 0.2) is 0 Å². The third kappa shape index (κ3) is 2.47. The first kappa shape index (κ1) is 11.7. The maximum atomic E-state index is 5.46. The topological polar surface area (TPSA) is 12.5 Å². The molecule has 1 radical (unpaired) electrons. The average molecular weight is 216 g/mol. The molecule has 0 saturated carbocycles. The van der Waals surface area contributed by atoms with E-state index in [4.69, 9.17) is 4.76 Å². The third-order valence-electron chi connectivity index (χ3n) is 3.34. The van der Waals surface area contributed by atoms with Gasteiger partial charge in [-0.3, -0.25) is 0 Å². The van der Waals surface area contributed by atoms with Crippen LogP contribution in [-0.2, 0) is 4.76 Å². The van der Waals surface area contributed by atoms with Crippen LogP contribution in [0.5, 0.6) is 0 Å². The first-order valence-electron chi connectivity index (χ1n) is 5.97.